The Labute approximate surface area is 112 Å². The highest BCUT2D eigenvalue weighted by Crippen LogP contribution is 2.45. The molecule has 0 heterocycles. The summed E-state index contributed by atoms with van der Waals surface area (Å²) in [5.41, 5.74) is 5.70. The van der Waals surface area contributed by atoms with Gasteiger partial charge in [-0.05, 0) is 47.0 Å². The number of amides is 1. The third kappa shape index (κ3) is 2.39. The Morgan fingerprint density at radius 2 is 2.11 bits per heavy atom. The van der Waals surface area contributed by atoms with E-state index in [0.717, 1.165) is 12.8 Å². The van der Waals surface area contributed by atoms with Crippen molar-refractivity contribution in [1.29, 1.82) is 0 Å². The highest BCUT2D eigenvalue weighted by molar-refractivity contribution is 9.10. The molecular weight excluding hydrogens is 300 g/mol. The van der Waals surface area contributed by atoms with Crippen molar-refractivity contribution in [3.63, 3.8) is 0 Å². The van der Waals surface area contributed by atoms with Crippen LogP contribution in [0.2, 0.25) is 0 Å². The van der Waals surface area contributed by atoms with Crippen LogP contribution in [0.15, 0.2) is 22.7 Å². The lowest BCUT2D eigenvalue weighted by Gasteiger charge is -2.13. The van der Waals surface area contributed by atoms with Gasteiger partial charge in [0.25, 0.3) is 0 Å². The van der Waals surface area contributed by atoms with E-state index in [2.05, 4.69) is 21.2 Å². The molecule has 5 nitrogen and oxygen atoms in total. The van der Waals surface area contributed by atoms with Crippen LogP contribution >= 0.6 is 15.9 Å². The van der Waals surface area contributed by atoms with E-state index in [9.17, 15) is 9.59 Å². The Morgan fingerprint density at radius 1 is 1.44 bits per heavy atom. The molecule has 0 atom stereocenters. The summed E-state index contributed by atoms with van der Waals surface area (Å²) >= 11 is 3.15. The van der Waals surface area contributed by atoms with Crippen LogP contribution in [0.25, 0.3) is 0 Å². The number of hydrogen-bond acceptors (Lipinski definition) is 3. The normalized spacial score (nSPS) is 16.1. The smallest absolute Gasteiger partial charge is 0.336 e. The lowest BCUT2D eigenvalue weighted by Crippen LogP contribution is -2.30. The van der Waals surface area contributed by atoms with Gasteiger partial charge in [0.05, 0.1) is 11.0 Å². The molecule has 0 spiro atoms. The van der Waals surface area contributed by atoms with Crippen LogP contribution in [0.4, 0.5) is 5.69 Å². The molecule has 0 aliphatic heterocycles. The zero-order valence-corrected chi connectivity index (χ0v) is 11.2. The number of carbonyl (C=O) groups is 2. The summed E-state index contributed by atoms with van der Waals surface area (Å²) in [5.74, 6) is -1.18. The average molecular weight is 313 g/mol. The van der Waals surface area contributed by atoms with Crippen LogP contribution in [-0.2, 0) is 4.79 Å². The second-order valence-corrected chi connectivity index (χ2v) is 5.29. The number of nitrogens with one attached hydrogen (secondary N) is 1. The van der Waals surface area contributed by atoms with Crippen LogP contribution in [0.5, 0.6) is 0 Å². The van der Waals surface area contributed by atoms with E-state index >= 15 is 0 Å². The quantitative estimate of drug-likeness (QED) is 0.790. The van der Waals surface area contributed by atoms with E-state index in [1.165, 1.54) is 6.07 Å². The minimum Gasteiger partial charge on any atom is -0.478 e. The molecule has 6 heteroatoms. The second-order valence-electron chi connectivity index (χ2n) is 4.44. The lowest BCUT2D eigenvalue weighted by atomic mass is 10.1. The first-order chi connectivity index (χ1) is 8.48. The largest absolute Gasteiger partial charge is 0.478 e. The Hall–Kier alpha value is -1.40. The number of carboxylic acid groups (broad SMARTS) is 1. The first kappa shape index (κ1) is 13.0. The van der Waals surface area contributed by atoms with Gasteiger partial charge in [-0.2, -0.15) is 0 Å². The van der Waals surface area contributed by atoms with Crippen molar-refractivity contribution in [3.05, 3.63) is 28.2 Å². The molecule has 96 valence electrons. The van der Waals surface area contributed by atoms with Gasteiger partial charge in [-0.3, -0.25) is 4.79 Å². The van der Waals surface area contributed by atoms with Crippen molar-refractivity contribution in [2.24, 2.45) is 11.1 Å². The SMILES string of the molecule is NCC1(C(=O)Nc2ccc(Br)c(C(=O)O)c2)CC1. The molecule has 0 radical (unpaired) electrons. The maximum Gasteiger partial charge on any atom is 0.336 e. The lowest BCUT2D eigenvalue weighted by molar-refractivity contribution is -0.120. The molecule has 1 saturated carbocycles. The highest BCUT2D eigenvalue weighted by atomic mass is 79.9. The standard InChI is InChI=1S/C12H13BrN2O3/c13-9-2-1-7(5-8(9)10(16)17)15-11(18)12(6-14)3-4-12/h1-2,5H,3-4,6,14H2,(H,15,18)(H,16,17). The third-order valence-electron chi connectivity index (χ3n) is 3.18. The van der Waals surface area contributed by atoms with Gasteiger partial charge in [0, 0.05) is 16.7 Å². The zero-order chi connectivity index (χ0) is 13.3. The molecular formula is C12H13BrN2O3. The molecule has 2 rings (SSSR count). The van der Waals surface area contributed by atoms with Crippen LogP contribution < -0.4 is 11.1 Å². The van der Waals surface area contributed by atoms with Gasteiger partial charge < -0.3 is 16.2 Å². The number of hydrogen-bond donors (Lipinski definition) is 3. The number of benzene rings is 1. The van der Waals surface area contributed by atoms with Gasteiger partial charge in [0.1, 0.15) is 0 Å². The summed E-state index contributed by atoms with van der Waals surface area (Å²) in [5, 5.41) is 11.7. The average Bonchev–Trinajstić information content (AvgIpc) is 3.12. The van der Waals surface area contributed by atoms with Crippen molar-refractivity contribution in [2.75, 3.05) is 11.9 Å². The minimum absolute atomic E-state index is 0.116. The predicted molar refractivity (Wildman–Crippen MR) is 70.5 cm³/mol. The fraction of sp³-hybridized carbons (Fsp3) is 0.333. The third-order valence-corrected chi connectivity index (χ3v) is 3.87. The highest BCUT2D eigenvalue weighted by Gasteiger charge is 2.48. The molecule has 4 N–H and O–H groups in total. The fourth-order valence-electron chi connectivity index (χ4n) is 1.71. The van der Waals surface area contributed by atoms with Crippen LogP contribution in [0.1, 0.15) is 23.2 Å². The molecule has 1 aliphatic carbocycles. The summed E-state index contributed by atoms with van der Waals surface area (Å²) in [4.78, 5) is 22.9. The predicted octanol–water partition coefficient (Wildman–Crippen LogP) is 1.82. The van der Waals surface area contributed by atoms with Crippen LogP contribution in [0.3, 0.4) is 0 Å². The van der Waals surface area contributed by atoms with Crippen molar-refractivity contribution in [3.8, 4) is 0 Å². The molecule has 0 bridgehead atoms. The van der Waals surface area contributed by atoms with Crippen molar-refractivity contribution in [2.45, 2.75) is 12.8 Å². The number of anilines is 1. The van der Waals surface area contributed by atoms with E-state index in [-0.39, 0.29) is 11.5 Å². The molecule has 0 unspecified atom stereocenters. The number of carbonyl (C=O) groups excluding carboxylic acids is 1. The number of aromatic carboxylic acids is 1. The first-order valence-electron chi connectivity index (χ1n) is 5.53. The number of halogens is 1. The van der Waals surface area contributed by atoms with Gasteiger partial charge in [-0.1, -0.05) is 0 Å². The topological polar surface area (TPSA) is 92.4 Å². The summed E-state index contributed by atoms with van der Waals surface area (Å²) < 4.78 is 0.480. The number of rotatable bonds is 4. The maximum absolute atomic E-state index is 11.9. The molecule has 1 aliphatic rings. The van der Waals surface area contributed by atoms with Crippen molar-refractivity contribution >= 4 is 33.5 Å². The van der Waals surface area contributed by atoms with E-state index in [1.54, 1.807) is 12.1 Å². The van der Waals surface area contributed by atoms with E-state index in [4.69, 9.17) is 10.8 Å². The molecule has 0 saturated heterocycles. The van der Waals surface area contributed by atoms with E-state index < -0.39 is 11.4 Å². The molecule has 1 amide bonds. The van der Waals surface area contributed by atoms with E-state index in [0.29, 0.717) is 16.7 Å². The number of nitrogens with two attached hydrogens (primary N) is 1. The van der Waals surface area contributed by atoms with Crippen LogP contribution in [0, 0.1) is 5.41 Å². The Kier molecular flexibility index (Phi) is 3.41. The van der Waals surface area contributed by atoms with Gasteiger partial charge in [0.2, 0.25) is 5.91 Å². The number of carboxylic acids is 1. The van der Waals surface area contributed by atoms with Crippen molar-refractivity contribution in [1.82, 2.24) is 0 Å². The Bertz CT molecular complexity index is 512. The molecule has 1 aromatic carbocycles. The summed E-state index contributed by atoms with van der Waals surface area (Å²) in [6.07, 6.45) is 1.58. The maximum atomic E-state index is 11.9. The first-order valence-corrected chi connectivity index (χ1v) is 6.32. The molecule has 18 heavy (non-hydrogen) atoms. The van der Waals surface area contributed by atoms with Gasteiger partial charge in [-0.15, -0.1) is 0 Å². The fourth-order valence-corrected chi connectivity index (χ4v) is 2.12. The molecule has 1 fully saturated rings. The Balaban J connectivity index is 2.17. The van der Waals surface area contributed by atoms with E-state index in [1.807, 2.05) is 0 Å². The zero-order valence-electron chi connectivity index (χ0n) is 9.57. The monoisotopic (exact) mass is 312 g/mol. The summed E-state index contributed by atoms with van der Waals surface area (Å²) in [6.45, 7) is 0.321. The second kappa shape index (κ2) is 4.70. The van der Waals surface area contributed by atoms with Crippen LogP contribution in [-0.4, -0.2) is 23.5 Å². The van der Waals surface area contributed by atoms with Gasteiger partial charge >= 0.3 is 5.97 Å². The Morgan fingerprint density at radius 3 is 2.61 bits per heavy atom. The molecule has 0 aromatic heterocycles. The summed E-state index contributed by atoms with van der Waals surface area (Å²) in [7, 11) is 0. The minimum atomic E-state index is -1.04. The summed E-state index contributed by atoms with van der Waals surface area (Å²) in [6, 6.07) is 4.68. The van der Waals surface area contributed by atoms with Gasteiger partial charge in [-0.25, -0.2) is 4.79 Å². The van der Waals surface area contributed by atoms with Gasteiger partial charge in [0.15, 0.2) is 0 Å². The van der Waals surface area contributed by atoms with Crippen molar-refractivity contribution < 1.29 is 14.7 Å². The molecule has 1 aromatic rings.